The van der Waals surface area contributed by atoms with Crippen LogP contribution in [0, 0.1) is 5.92 Å². The molecule has 1 N–H and O–H groups in total. The minimum atomic E-state index is -0.751. The molecule has 3 rings (SSSR count). The topological polar surface area (TPSA) is 77.2 Å². The summed E-state index contributed by atoms with van der Waals surface area (Å²) in [5, 5.41) is 13.6. The highest BCUT2D eigenvalue weighted by molar-refractivity contribution is 5.70. The third-order valence-electron chi connectivity index (χ3n) is 3.76. The fourth-order valence-electron chi connectivity index (χ4n) is 2.61. The van der Waals surface area contributed by atoms with Crippen LogP contribution < -0.4 is 4.74 Å². The molecule has 1 aromatic heterocycles. The third kappa shape index (κ3) is 2.89. The number of hydrogen-bond acceptors (Lipinski definition) is 4. The van der Waals surface area contributed by atoms with E-state index in [0.717, 1.165) is 23.0 Å². The molecule has 0 saturated carbocycles. The fourth-order valence-corrected chi connectivity index (χ4v) is 2.61. The van der Waals surface area contributed by atoms with Crippen LogP contribution >= 0.6 is 0 Å². The van der Waals surface area contributed by atoms with Gasteiger partial charge in [-0.1, -0.05) is 12.1 Å². The molecule has 110 valence electrons. The van der Waals surface area contributed by atoms with Crippen LogP contribution in [0.1, 0.15) is 23.6 Å². The van der Waals surface area contributed by atoms with E-state index in [0.29, 0.717) is 25.8 Å². The number of nitrogens with zero attached hydrogens (tertiary/aromatic N) is 3. The van der Waals surface area contributed by atoms with Crippen LogP contribution in [-0.2, 0) is 24.2 Å². The number of ether oxygens (including phenoxy) is 1. The average molecular weight is 287 g/mol. The second kappa shape index (κ2) is 5.55. The zero-order valence-corrected chi connectivity index (χ0v) is 11.8. The summed E-state index contributed by atoms with van der Waals surface area (Å²) in [7, 11) is 1.64. The van der Waals surface area contributed by atoms with Gasteiger partial charge in [0.2, 0.25) is 0 Å². The number of aliphatic carboxylic acids is 1. The van der Waals surface area contributed by atoms with Crippen LogP contribution in [0.3, 0.4) is 0 Å². The largest absolute Gasteiger partial charge is 0.497 e. The summed E-state index contributed by atoms with van der Waals surface area (Å²) in [5.41, 5.74) is 1.08. The van der Waals surface area contributed by atoms with Crippen molar-refractivity contribution in [2.45, 2.75) is 25.8 Å². The molecule has 0 radical (unpaired) electrons. The Morgan fingerprint density at radius 3 is 3.14 bits per heavy atom. The van der Waals surface area contributed by atoms with Crippen molar-refractivity contribution in [1.29, 1.82) is 0 Å². The van der Waals surface area contributed by atoms with Crippen molar-refractivity contribution < 1.29 is 14.6 Å². The zero-order chi connectivity index (χ0) is 14.8. The second-order valence-electron chi connectivity index (χ2n) is 5.22. The van der Waals surface area contributed by atoms with Gasteiger partial charge < -0.3 is 9.84 Å². The molecule has 1 aromatic carbocycles. The molecule has 21 heavy (non-hydrogen) atoms. The third-order valence-corrected chi connectivity index (χ3v) is 3.76. The highest BCUT2D eigenvalue weighted by Gasteiger charge is 2.26. The van der Waals surface area contributed by atoms with E-state index in [1.54, 1.807) is 7.11 Å². The van der Waals surface area contributed by atoms with E-state index in [4.69, 9.17) is 9.84 Å². The first-order chi connectivity index (χ1) is 10.2. The first-order valence-electron chi connectivity index (χ1n) is 6.94. The predicted octanol–water partition coefficient (Wildman–Crippen LogP) is 1.52. The average Bonchev–Trinajstić information content (AvgIpc) is 2.88. The summed E-state index contributed by atoms with van der Waals surface area (Å²) >= 11 is 0. The maximum absolute atomic E-state index is 11.1. The smallest absolute Gasteiger partial charge is 0.307 e. The quantitative estimate of drug-likeness (QED) is 0.922. The highest BCUT2D eigenvalue weighted by Crippen LogP contribution is 2.20. The Balaban J connectivity index is 1.77. The number of carboxylic acid groups (broad SMARTS) is 1. The number of carbonyl (C=O) groups is 1. The van der Waals surface area contributed by atoms with Gasteiger partial charge in [0.15, 0.2) is 5.82 Å². The summed E-state index contributed by atoms with van der Waals surface area (Å²) in [4.78, 5) is 15.5. The molecular formula is C15H17N3O3. The Hall–Kier alpha value is -2.37. The van der Waals surface area contributed by atoms with Crippen LogP contribution in [0.4, 0.5) is 0 Å². The molecule has 1 atom stereocenters. The van der Waals surface area contributed by atoms with Crippen LogP contribution in [-0.4, -0.2) is 33.0 Å². The molecule has 0 bridgehead atoms. The summed E-state index contributed by atoms with van der Waals surface area (Å²) in [6.45, 7) is 0.622. The normalized spacial score (nSPS) is 17.3. The molecule has 1 aliphatic heterocycles. The second-order valence-corrected chi connectivity index (χ2v) is 5.22. The Kier molecular flexibility index (Phi) is 3.60. The Bertz CT molecular complexity index is 666. The Morgan fingerprint density at radius 1 is 1.52 bits per heavy atom. The van der Waals surface area contributed by atoms with Crippen molar-refractivity contribution in [3.05, 3.63) is 41.5 Å². The van der Waals surface area contributed by atoms with Crippen LogP contribution in [0.2, 0.25) is 0 Å². The number of aryl methyl sites for hydroxylation is 1. The SMILES string of the molecule is COc1cccc(Cc2nc3n(n2)CCC(C(=O)O)C3)c1. The van der Waals surface area contributed by atoms with Crippen LogP contribution in [0.25, 0.3) is 0 Å². The van der Waals surface area contributed by atoms with Gasteiger partial charge >= 0.3 is 5.97 Å². The number of methoxy groups -OCH3 is 1. The molecule has 0 amide bonds. The first kappa shape index (κ1) is 13.6. The molecule has 0 saturated heterocycles. The van der Waals surface area contributed by atoms with Gasteiger partial charge in [0, 0.05) is 19.4 Å². The van der Waals surface area contributed by atoms with Gasteiger partial charge in [-0.2, -0.15) is 5.10 Å². The van der Waals surface area contributed by atoms with Crippen molar-refractivity contribution in [2.24, 2.45) is 5.92 Å². The van der Waals surface area contributed by atoms with Gasteiger partial charge in [0.05, 0.1) is 13.0 Å². The van der Waals surface area contributed by atoms with E-state index in [2.05, 4.69) is 10.1 Å². The number of rotatable bonds is 4. The molecule has 1 unspecified atom stereocenters. The number of benzene rings is 1. The molecule has 2 aromatic rings. The van der Waals surface area contributed by atoms with Crippen LogP contribution in [0.5, 0.6) is 5.75 Å². The number of fused-ring (bicyclic) bond motifs is 1. The molecule has 1 aliphatic rings. The van der Waals surface area contributed by atoms with Crippen molar-refractivity contribution in [3.8, 4) is 5.75 Å². The van der Waals surface area contributed by atoms with Gasteiger partial charge in [0.25, 0.3) is 0 Å². The lowest BCUT2D eigenvalue weighted by Crippen LogP contribution is -2.26. The number of aromatic nitrogens is 3. The molecular weight excluding hydrogens is 270 g/mol. The molecule has 0 spiro atoms. The van der Waals surface area contributed by atoms with Gasteiger partial charge in [-0.3, -0.25) is 4.79 Å². The van der Waals surface area contributed by atoms with Crippen molar-refractivity contribution in [1.82, 2.24) is 14.8 Å². The Labute approximate surface area is 122 Å². The van der Waals surface area contributed by atoms with Gasteiger partial charge in [-0.25, -0.2) is 9.67 Å². The summed E-state index contributed by atoms with van der Waals surface area (Å²) < 4.78 is 7.03. The van der Waals surface area contributed by atoms with Gasteiger partial charge in [-0.15, -0.1) is 0 Å². The highest BCUT2D eigenvalue weighted by atomic mass is 16.5. The molecule has 2 heterocycles. The van der Waals surface area contributed by atoms with Crippen LogP contribution in [0.15, 0.2) is 24.3 Å². The van der Waals surface area contributed by atoms with Crippen molar-refractivity contribution in [2.75, 3.05) is 7.11 Å². The van der Waals surface area contributed by atoms with E-state index in [1.165, 1.54) is 0 Å². The molecule has 0 aliphatic carbocycles. The van der Waals surface area contributed by atoms with Crippen molar-refractivity contribution >= 4 is 5.97 Å². The summed E-state index contributed by atoms with van der Waals surface area (Å²) in [6, 6.07) is 7.79. The monoisotopic (exact) mass is 287 g/mol. The minimum absolute atomic E-state index is 0.341. The molecule has 6 heteroatoms. The minimum Gasteiger partial charge on any atom is -0.497 e. The standard InChI is InChI=1S/C15H17N3O3/c1-21-12-4-2-3-10(7-12)8-13-16-14-9-11(15(19)20)5-6-18(14)17-13/h2-4,7,11H,5-6,8-9H2,1H3,(H,19,20). The van der Waals surface area contributed by atoms with E-state index in [1.807, 2.05) is 28.9 Å². The molecule has 0 fully saturated rings. The summed E-state index contributed by atoms with van der Waals surface area (Å²) in [5.74, 6) is 1.21. The van der Waals surface area contributed by atoms with Crippen molar-refractivity contribution in [3.63, 3.8) is 0 Å². The van der Waals surface area contributed by atoms with E-state index in [9.17, 15) is 4.79 Å². The summed E-state index contributed by atoms with van der Waals surface area (Å²) in [6.07, 6.45) is 1.69. The molecule has 6 nitrogen and oxygen atoms in total. The maximum atomic E-state index is 11.1. The Morgan fingerprint density at radius 2 is 2.38 bits per heavy atom. The van der Waals surface area contributed by atoms with E-state index in [-0.39, 0.29) is 5.92 Å². The van der Waals surface area contributed by atoms with Gasteiger partial charge in [-0.05, 0) is 24.1 Å². The maximum Gasteiger partial charge on any atom is 0.307 e. The van der Waals surface area contributed by atoms with Gasteiger partial charge in [0.1, 0.15) is 11.6 Å². The number of carboxylic acids is 1. The lowest BCUT2D eigenvalue weighted by Gasteiger charge is -2.17. The number of hydrogen-bond donors (Lipinski definition) is 1. The zero-order valence-electron chi connectivity index (χ0n) is 11.8. The fraction of sp³-hybridized carbons (Fsp3) is 0.400. The lowest BCUT2D eigenvalue weighted by atomic mass is 9.98. The van der Waals surface area contributed by atoms with E-state index >= 15 is 0 Å². The lowest BCUT2D eigenvalue weighted by molar-refractivity contribution is -0.142. The van der Waals surface area contributed by atoms with E-state index < -0.39 is 5.97 Å². The first-order valence-corrected chi connectivity index (χ1v) is 6.94. The predicted molar refractivity (Wildman–Crippen MR) is 75.3 cm³/mol.